The fourth-order valence-corrected chi connectivity index (χ4v) is 1.80. The molecular formula is C11H19NO3. The molecule has 1 heterocycles. The molecule has 0 spiro atoms. The maximum Gasteiger partial charge on any atom is 0.330 e. The number of carboxylic acids is 1. The largest absolute Gasteiger partial charge is 0.478 e. The van der Waals surface area contributed by atoms with Crippen LogP contribution in [0.2, 0.25) is 0 Å². The lowest BCUT2D eigenvalue weighted by Gasteiger charge is -2.25. The number of hydrogen-bond donors (Lipinski definition) is 1. The number of ether oxygens (including phenoxy) is 1. The summed E-state index contributed by atoms with van der Waals surface area (Å²) in [6.07, 6.45) is 3.01. The minimum Gasteiger partial charge on any atom is -0.478 e. The predicted molar refractivity (Wildman–Crippen MR) is 57.8 cm³/mol. The van der Waals surface area contributed by atoms with Crippen LogP contribution < -0.4 is 0 Å². The maximum absolute atomic E-state index is 10.6. The molecule has 1 fully saturated rings. The highest BCUT2D eigenvalue weighted by Gasteiger charge is 2.27. The van der Waals surface area contributed by atoms with Gasteiger partial charge in [-0.1, -0.05) is 6.08 Å². The van der Waals surface area contributed by atoms with Crippen LogP contribution in [0.3, 0.4) is 0 Å². The molecule has 4 nitrogen and oxygen atoms in total. The Balaban J connectivity index is 2.45. The summed E-state index contributed by atoms with van der Waals surface area (Å²) in [4.78, 5) is 12.7. The zero-order valence-electron chi connectivity index (χ0n) is 9.56. The molecule has 4 heteroatoms. The van der Waals surface area contributed by atoms with Crippen molar-refractivity contribution in [2.45, 2.75) is 32.4 Å². The van der Waals surface area contributed by atoms with Gasteiger partial charge in [0.1, 0.15) is 0 Å². The average molecular weight is 213 g/mol. The molecule has 86 valence electrons. The number of aliphatic carboxylic acids is 1. The summed E-state index contributed by atoms with van der Waals surface area (Å²) in [6, 6.07) is 0.405. The molecule has 0 aromatic heterocycles. The first kappa shape index (κ1) is 12.2. The Morgan fingerprint density at radius 2 is 2.33 bits per heavy atom. The summed E-state index contributed by atoms with van der Waals surface area (Å²) in [5.74, 6) is -0.848. The third-order valence-electron chi connectivity index (χ3n) is 2.93. The summed E-state index contributed by atoms with van der Waals surface area (Å²) < 4.78 is 5.46. The van der Waals surface area contributed by atoms with Gasteiger partial charge in [0.25, 0.3) is 0 Å². The van der Waals surface area contributed by atoms with Crippen LogP contribution in [0.4, 0.5) is 0 Å². The number of carboxylic acid groups (broad SMARTS) is 1. The second-order valence-electron chi connectivity index (χ2n) is 4.06. The maximum atomic E-state index is 10.6. The van der Waals surface area contributed by atoms with E-state index in [9.17, 15) is 4.79 Å². The second-order valence-corrected chi connectivity index (χ2v) is 4.06. The molecule has 1 rings (SSSR count). The monoisotopic (exact) mass is 213 g/mol. The Labute approximate surface area is 90.5 Å². The van der Waals surface area contributed by atoms with Crippen molar-refractivity contribution in [3.05, 3.63) is 11.6 Å². The number of carbonyl (C=O) groups is 1. The minimum absolute atomic E-state index is 0.244. The van der Waals surface area contributed by atoms with Crippen molar-refractivity contribution in [2.75, 3.05) is 20.2 Å². The highest BCUT2D eigenvalue weighted by molar-refractivity contribution is 5.85. The van der Waals surface area contributed by atoms with Gasteiger partial charge in [-0.25, -0.2) is 4.79 Å². The Hall–Kier alpha value is -0.870. The fraction of sp³-hybridized carbons (Fsp3) is 0.727. The van der Waals surface area contributed by atoms with E-state index in [2.05, 4.69) is 11.8 Å². The molecule has 0 aliphatic carbocycles. The van der Waals surface area contributed by atoms with Gasteiger partial charge in [-0.05, 0) is 27.3 Å². The van der Waals surface area contributed by atoms with E-state index in [1.54, 1.807) is 13.0 Å². The van der Waals surface area contributed by atoms with Crippen molar-refractivity contribution >= 4 is 5.97 Å². The van der Waals surface area contributed by atoms with E-state index in [1.165, 1.54) is 0 Å². The highest BCUT2D eigenvalue weighted by atomic mass is 16.5. The zero-order chi connectivity index (χ0) is 11.4. The molecule has 0 amide bonds. The summed E-state index contributed by atoms with van der Waals surface area (Å²) in [5.41, 5.74) is 0.397. The van der Waals surface area contributed by atoms with Crippen molar-refractivity contribution in [3.8, 4) is 0 Å². The van der Waals surface area contributed by atoms with E-state index in [0.29, 0.717) is 18.2 Å². The number of nitrogens with zero attached hydrogens (tertiary/aromatic N) is 1. The first-order chi connectivity index (χ1) is 7.02. The highest BCUT2D eigenvalue weighted by Crippen LogP contribution is 2.17. The molecule has 1 N–H and O–H groups in total. The van der Waals surface area contributed by atoms with Crippen LogP contribution in [0.15, 0.2) is 11.6 Å². The first-order valence-electron chi connectivity index (χ1n) is 5.24. The number of likely N-dealkylation sites (N-methyl/N-ethyl adjacent to an activating group) is 1. The van der Waals surface area contributed by atoms with Gasteiger partial charge in [-0.15, -0.1) is 0 Å². The van der Waals surface area contributed by atoms with E-state index < -0.39 is 5.97 Å². The van der Waals surface area contributed by atoms with Gasteiger partial charge >= 0.3 is 5.97 Å². The Kier molecular flexibility index (Phi) is 4.29. The summed E-state index contributed by atoms with van der Waals surface area (Å²) in [7, 11) is 2.00. The van der Waals surface area contributed by atoms with E-state index in [0.717, 1.165) is 13.0 Å². The Bertz CT molecular complexity index is 263. The van der Waals surface area contributed by atoms with Gasteiger partial charge in [0.15, 0.2) is 0 Å². The molecule has 15 heavy (non-hydrogen) atoms. The van der Waals surface area contributed by atoms with Crippen LogP contribution in [-0.4, -0.2) is 48.3 Å². The van der Waals surface area contributed by atoms with Crippen molar-refractivity contribution in [1.29, 1.82) is 0 Å². The smallest absolute Gasteiger partial charge is 0.330 e. The molecule has 1 saturated heterocycles. The van der Waals surface area contributed by atoms with Gasteiger partial charge in [0.2, 0.25) is 0 Å². The number of hydrogen-bond acceptors (Lipinski definition) is 3. The van der Waals surface area contributed by atoms with Crippen molar-refractivity contribution < 1.29 is 14.6 Å². The van der Waals surface area contributed by atoms with Gasteiger partial charge in [0, 0.05) is 24.8 Å². The van der Waals surface area contributed by atoms with E-state index >= 15 is 0 Å². The summed E-state index contributed by atoms with van der Waals surface area (Å²) in [6.45, 7) is 5.14. The lowest BCUT2D eigenvalue weighted by molar-refractivity contribution is -0.132. The van der Waals surface area contributed by atoms with Gasteiger partial charge in [-0.2, -0.15) is 0 Å². The molecule has 0 saturated carbocycles. The van der Waals surface area contributed by atoms with Crippen LogP contribution >= 0.6 is 0 Å². The van der Waals surface area contributed by atoms with Crippen LogP contribution in [0.5, 0.6) is 0 Å². The first-order valence-corrected chi connectivity index (χ1v) is 5.24. The molecule has 0 aromatic rings. The summed E-state index contributed by atoms with van der Waals surface area (Å²) >= 11 is 0. The normalized spacial score (nSPS) is 27.3. The topological polar surface area (TPSA) is 49.8 Å². The van der Waals surface area contributed by atoms with E-state index in [4.69, 9.17) is 9.84 Å². The van der Waals surface area contributed by atoms with Crippen molar-refractivity contribution in [1.82, 2.24) is 4.90 Å². The molecule has 2 unspecified atom stereocenters. The van der Waals surface area contributed by atoms with Crippen molar-refractivity contribution in [2.24, 2.45) is 0 Å². The molecule has 1 aliphatic heterocycles. The minimum atomic E-state index is -0.848. The lowest BCUT2D eigenvalue weighted by atomic mass is 10.1. The molecular weight excluding hydrogens is 194 g/mol. The fourth-order valence-electron chi connectivity index (χ4n) is 1.80. The van der Waals surface area contributed by atoms with Gasteiger partial charge in [0.05, 0.1) is 6.10 Å². The molecule has 0 radical (unpaired) electrons. The van der Waals surface area contributed by atoms with Gasteiger partial charge in [-0.3, -0.25) is 4.90 Å². The Morgan fingerprint density at radius 3 is 2.80 bits per heavy atom. The van der Waals surface area contributed by atoms with E-state index in [-0.39, 0.29) is 6.10 Å². The third kappa shape index (κ3) is 3.32. The van der Waals surface area contributed by atoms with E-state index in [1.807, 2.05) is 7.05 Å². The van der Waals surface area contributed by atoms with Crippen molar-refractivity contribution in [3.63, 3.8) is 0 Å². The second kappa shape index (κ2) is 5.28. The SMILES string of the molecule is C/C(=C/CN(C)C1CCOC1C)C(=O)O. The molecule has 0 bridgehead atoms. The zero-order valence-corrected chi connectivity index (χ0v) is 9.56. The van der Waals surface area contributed by atoms with Crippen LogP contribution in [0, 0.1) is 0 Å². The van der Waals surface area contributed by atoms with Crippen LogP contribution in [0.1, 0.15) is 20.3 Å². The third-order valence-corrected chi connectivity index (χ3v) is 2.93. The predicted octanol–water partition coefficient (Wildman–Crippen LogP) is 1.13. The van der Waals surface area contributed by atoms with Gasteiger partial charge < -0.3 is 9.84 Å². The lowest BCUT2D eigenvalue weighted by Crippen LogP contribution is -2.36. The molecule has 1 aliphatic rings. The van der Waals surface area contributed by atoms with Crippen LogP contribution in [-0.2, 0) is 9.53 Å². The summed E-state index contributed by atoms with van der Waals surface area (Å²) in [5, 5.41) is 8.70. The Morgan fingerprint density at radius 1 is 1.67 bits per heavy atom. The quantitative estimate of drug-likeness (QED) is 0.711. The standard InChI is InChI=1S/C11H19NO3/c1-8(11(13)14)4-6-12(3)10-5-7-15-9(10)2/h4,9-10H,5-7H2,1-3H3,(H,13,14)/b8-4-. The molecule has 0 aromatic carbocycles. The van der Waals surface area contributed by atoms with Crippen LogP contribution in [0.25, 0.3) is 0 Å². The molecule has 2 atom stereocenters. The average Bonchev–Trinajstić information content (AvgIpc) is 2.60. The number of rotatable bonds is 4.